The van der Waals surface area contributed by atoms with Crippen LogP contribution in [0.5, 0.6) is 0 Å². The molecule has 0 aromatic heterocycles. The lowest BCUT2D eigenvalue weighted by molar-refractivity contribution is -0.870. The van der Waals surface area contributed by atoms with Crippen LogP contribution in [-0.2, 0) is 33.3 Å². The average Bonchev–Trinajstić information content (AvgIpc) is 3.36. The minimum absolute atomic E-state index is 0.177. The van der Waals surface area contributed by atoms with Crippen LogP contribution in [0.3, 0.4) is 0 Å². The molecule has 2 atom stereocenters. The van der Waals surface area contributed by atoms with Crippen molar-refractivity contribution in [3.63, 3.8) is 0 Å². The maximum Gasteiger partial charge on any atom is 0.361 e. The van der Waals surface area contributed by atoms with Crippen LogP contribution in [0.2, 0.25) is 0 Å². The van der Waals surface area contributed by atoms with E-state index in [0.29, 0.717) is 17.4 Å². The Labute approximate surface area is 451 Å². The summed E-state index contributed by atoms with van der Waals surface area (Å²) in [6, 6.07) is 0. The molecule has 0 aromatic rings. The molecule has 0 saturated heterocycles. The van der Waals surface area contributed by atoms with Crippen LogP contribution in [0.4, 0.5) is 0 Å². The summed E-state index contributed by atoms with van der Waals surface area (Å²) in [6.07, 6.45) is 65.1. The number of allylic oxidation sites excluding steroid dienone is 6. The third-order valence-corrected chi connectivity index (χ3v) is 13.9. The molecule has 0 fully saturated rings. The molecule has 73 heavy (non-hydrogen) atoms. The Morgan fingerprint density at radius 1 is 0.411 bits per heavy atom. The van der Waals surface area contributed by atoms with Crippen LogP contribution < -0.4 is 0 Å². The van der Waals surface area contributed by atoms with Gasteiger partial charge >= 0.3 is 17.9 Å². The van der Waals surface area contributed by atoms with Gasteiger partial charge in [0.1, 0.15) is 13.2 Å². The molecule has 428 valence electrons. The SMILES string of the molecule is CCCCCCC/C=C\C/C=C\C/C=C\CCCCCCCCCCCCCCCCC(=O)OC(COC(=O)CCCCCCCCCCCCCCCCCCCCC)COC(OCC[N+](C)(C)C)C(=O)O. The van der Waals surface area contributed by atoms with E-state index in [1.54, 1.807) is 0 Å². The number of esters is 2. The van der Waals surface area contributed by atoms with Gasteiger partial charge in [0, 0.05) is 12.8 Å². The number of unbranched alkanes of at least 4 members (excludes halogenated alkanes) is 37. The standard InChI is InChI=1S/C64H119NO8/c1-6-8-10-12-14-16-18-20-22-24-26-27-28-29-30-31-32-33-34-35-37-39-41-43-45-47-49-51-53-55-62(67)73-60(59-72-64(63(68)69)70-57-56-65(3,4)5)58-71-61(66)54-52-50-48-46-44-42-40-38-36-25-23-21-19-17-15-13-11-9-7-2/h18,20,24,26,28-29,60,64H,6-17,19,21-23,25,27,30-59H2,1-5H3/p+1/b20-18-,26-24-,29-28-. The number of quaternary nitrogens is 1. The van der Waals surface area contributed by atoms with Gasteiger partial charge in [-0.15, -0.1) is 0 Å². The summed E-state index contributed by atoms with van der Waals surface area (Å²) in [4.78, 5) is 37.5. The number of rotatable bonds is 58. The largest absolute Gasteiger partial charge is 0.477 e. The summed E-state index contributed by atoms with van der Waals surface area (Å²) in [5.74, 6) is -1.98. The number of carbonyl (C=O) groups excluding carboxylic acids is 2. The van der Waals surface area contributed by atoms with Crippen molar-refractivity contribution in [3.8, 4) is 0 Å². The predicted molar refractivity (Wildman–Crippen MR) is 309 cm³/mol. The lowest BCUT2D eigenvalue weighted by Gasteiger charge is -2.25. The second-order valence-corrected chi connectivity index (χ2v) is 22.4. The van der Waals surface area contributed by atoms with E-state index in [1.807, 2.05) is 21.1 Å². The van der Waals surface area contributed by atoms with Crippen molar-refractivity contribution in [2.75, 3.05) is 47.5 Å². The monoisotopic (exact) mass is 1030 g/mol. The first kappa shape index (κ1) is 70.5. The van der Waals surface area contributed by atoms with Crippen molar-refractivity contribution in [2.45, 2.75) is 309 Å². The number of aliphatic carboxylic acids is 1. The first-order valence-electron chi connectivity index (χ1n) is 31.2. The minimum atomic E-state index is -1.51. The number of likely N-dealkylation sites (N-methyl/N-ethyl adjacent to an activating group) is 1. The van der Waals surface area contributed by atoms with Crippen LogP contribution in [0.1, 0.15) is 296 Å². The fourth-order valence-corrected chi connectivity index (χ4v) is 9.08. The summed E-state index contributed by atoms with van der Waals surface area (Å²) in [5.41, 5.74) is 0. The Kier molecular flexibility index (Phi) is 53.8. The van der Waals surface area contributed by atoms with Gasteiger partial charge in [0.05, 0.1) is 34.4 Å². The Morgan fingerprint density at radius 3 is 1.10 bits per heavy atom. The zero-order valence-electron chi connectivity index (χ0n) is 48.8. The third kappa shape index (κ3) is 57.1. The summed E-state index contributed by atoms with van der Waals surface area (Å²) in [6.45, 7) is 4.92. The molecule has 9 heteroatoms. The van der Waals surface area contributed by atoms with E-state index in [2.05, 4.69) is 50.3 Å². The number of ether oxygens (including phenoxy) is 4. The number of nitrogens with zero attached hydrogens (tertiary/aromatic N) is 1. The van der Waals surface area contributed by atoms with Gasteiger partial charge in [0.25, 0.3) is 6.29 Å². The summed E-state index contributed by atoms with van der Waals surface area (Å²) < 4.78 is 22.9. The van der Waals surface area contributed by atoms with Crippen LogP contribution >= 0.6 is 0 Å². The van der Waals surface area contributed by atoms with Gasteiger partial charge in [-0.1, -0.05) is 269 Å². The quantitative estimate of drug-likeness (QED) is 0.0211. The number of carbonyl (C=O) groups is 3. The highest BCUT2D eigenvalue weighted by Gasteiger charge is 2.25. The number of hydrogen-bond donors (Lipinski definition) is 1. The second-order valence-electron chi connectivity index (χ2n) is 22.4. The molecule has 9 nitrogen and oxygen atoms in total. The second kappa shape index (κ2) is 55.7. The molecule has 0 saturated carbocycles. The Morgan fingerprint density at radius 2 is 0.740 bits per heavy atom. The van der Waals surface area contributed by atoms with Gasteiger partial charge in [0.15, 0.2) is 6.10 Å². The van der Waals surface area contributed by atoms with Crippen molar-refractivity contribution < 1.29 is 42.9 Å². The fraction of sp³-hybridized carbons (Fsp3) is 0.859. The van der Waals surface area contributed by atoms with E-state index in [1.165, 1.54) is 218 Å². The van der Waals surface area contributed by atoms with Crippen LogP contribution in [0, 0.1) is 0 Å². The molecular formula is C64H120NO8+. The molecule has 0 rings (SSSR count). The maximum atomic E-state index is 12.9. The van der Waals surface area contributed by atoms with E-state index in [-0.39, 0.29) is 38.2 Å². The van der Waals surface area contributed by atoms with Crippen LogP contribution in [0.25, 0.3) is 0 Å². The maximum absolute atomic E-state index is 12.9. The van der Waals surface area contributed by atoms with Crippen LogP contribution in [0.15, 0.2) is 36.5 Å². The predicted octanol–water partition coefficient (Wildman–Crippen LogP) is 18.5. The smallest absolute Gasteiger partial charge is 0.361 e. The highest BCUT2D eigenvalue weighted by Crippen LogP contribution is 2.17. The average molecular weight is 1030 g/mol. The summed E-state index contributed by atoms with van der Waals surface area (Å²) in [7, 11) is 5.98. The van der Waals surface area contributed by atoms with Crippen molar-refractivity contribution in [3.05, 3.63) is 36.5 Å². The van der Waals surface area contributed by atoms with Crippen molar-refractivity contribution >= 4 is 17.9 Å². The normalized spacial score (nSPS) is 12.9. The van der Waals surface area contributed by atoms with E-state index >= 15 is 0 Å². The molecule has 0 bridgehead atoms. The van der Waals surface area contributed by atoms with Crippen molar-refractivity contribution in [2.24, 2.45) is 0 Å². The molecule has 0 aromatic carbocycles. The Bertz CT molecular complexity index is 1290. The molecule has 2 unspecified atom stereocenters. The van der Waals surface area contributed by atoms with Crippen molar-refractivity contribution in [1.29, 1.82) is 0 Å². The summed E-state index contributed by atoms with van der Waals surface area (Å²) >= 11 is 0. The molecule has 0 aliphatic rings. The van der Waals surface area contributed by atoms with Gasteiger partial charge in [0.2, 0.25) is 0 Å². The molecule has 0 spiro atoms. The number of carboxylic acid groups (broad SMARTS) is 1. The Hall–Kier alpha value is -2.49. The molecule has 0 aliphatic carbocycles. The summed E-state index contributed by atoms with van der Waals surface area (Å²) in [5, 5.41) is 9.71. The molecule has 1 N–H and O–H groups in total. The molecule has 0 heterocycles. The topological polar surface area (TPSA) is 108 Å². The van der Waals surface area contributed by atoms with E-state index < -0.39 is 18.4 Å². The fourth-order valence-electron chi connectivity index (χ4n) is 9.08. The first-order chi connectivity index (χ1) is 35.6. The zero-order valence-corrected chi connectivity index (χ0v) is 48.8. The minimum Gasteiger partial charge on any atom is -0.477 e. The lowest BCUT2D eigenvalue weighted by atomic mass is 10.0. The molecule has 0 radical (unpaired) electrons. The molecule has 0 aliphatic heterocycles. The van der Waals surface area contributed by atoms with E-state index in [0.717, 1.165) is 51.4 Å². The highest BCUT2D eigenvalue weighted by molar-refractivity contribution is 5.71. The van der Waals surface area contributed by atoms with Gasteiger partial charge in [-0.05, 0) is 51.4 Å². The van der Waals surface area contributed by atoms with Crippen molar-refractivity contribution in [1.82, 2.24) is 0 Å². The molecule has 0 amide bonds. The van der Waals surface area contributed by atoms with Gasteiger partial charge in [-0.3, -0.25) is 9.59 Å². The highest BCUT2D eigenvalue weighted by atomic mass is 16.7. The third-order valence-electron chi connectivity index (χ3n) is 13.9. The zero-order chi connectivity index (χ0) is 53.4. The Balaban J connectivity index is 4.15. The number of carboxylic acids is 1. The van der Waals surface area contributed by atoms with Gasteiger partial charge < -0.3 is 28.5 Å². The van der Waals surface area contributed by atoms with E-state index in [4.69, 9.17) is 18.9 Å². The van der Waals surface area contributed by atoms with Gasteiger partial charge in [-0.25, -0.2) is 4.79 Å². The number of hydrogen-bond acceptors (Lipinski definition) is 7. The van der Waals surface area contributed by atoms with Gasteiger partial charge in [-0.2, -0.15) is 0 Å². The lowest BCUT2D eigenvalue weighted by Crippen LogP contribution is -2.40. The first-order valence-corrected chi connectivity index (χ1v) is 31.2. The van der Waals surface area contributed by atoms with E-state index in [9.17, 15) is 19.5 Å². The van der Waals surface area contributed by atoms with Crippen LogP contribution in [-0.4, -0.2) is 87.4 Å². The molecular weight excluding hydrogens is 911 g/mol.